The number of nitriles is 1. The Balaban J connectivity index is 2.36. The number of rotatable bonds is 6. The van der Waals surface area contributed by atoms with E-state index >= 15 is 0 Å². The van der Waals surface area contributed by atoms with Gasteiger partial charge in [-0.25, -0.2) is 13.2 Å². The van der Waals surface area contributed by atoms with Crippen LogP contribution in [0.2, 0.25) is 0 Å². The number of aromatic amines is 1. The fraction of sp³-hybridized carbons (Fsp3) is 0.333. The molecule has 0 fully saturated rings. The normalized spacial score (nSPS) is 11.2. The maximum absolute atomic E-state index is 12.2. The van der Waals surface area contributed by atoms with E-state index in [0.717, 1.165) is 17.5 Å². The molecule has 0 unspecified atom stereocenters. The zero-order valence-electron chi connectivity index (χ0n) is 13.0. The van der Waals surface area contributed by atoms with Crippen LogP contribution < -0.4 is 11.2 Å². The van der Waals surface area contributed by atoms with Crippen molar-refractivity contribution in [1.29, 1.82) is 5.26 Å². The third-order valence-electron chi connectivity index (χ3n) is 3.39. The van der Waals surface area contributed by atoms with Gasteiger partial charge in [-0.3, -0.25) is 9.78 Å². The first kappa shape index (κ1) is 17.6. The second-order valence-corrected chi connectivity index (χ2v) is 7.26. The molecule has 8 nitrogen and oxygen atoms in total. The Morgan fingerprint density at radius 2 is 1.88 bits per heavy atom. The number of unbranched alkanes of at least 4 members (excludes halogenated alkanes) is 2. The van der Waals surface area contributed by atoms with Crippen LogP contribution in [0.5, 0.6) is 0 Å². The van der Waals surface area contributed by atoms with Crippen molar-refractivity contribution >= 4 is 9.84 Å². The lowest BCUT2D eigenvalue weighted by atomic mass is 10.3. The average Bonchev–Trinajstić information content (AvgIpc) is 2.55. The van der Waals surface area contributed by atoms with Gasteiger partial charge in [0, 0.05) is 0 Å². The Bertz CT molecular complexity index is 982. The summed E-state index contributed by atoms with van der Waals surface area (Å²) in [5.41, 5.74) is -1.88. The molecular weight excluding hydrogens is 332 g/mol. The first-order valence-corrected chi connectivity index (χ1v) is 9.01. The van der Waals surface area contributed by atoms with Crippen molar-refractivity contribution in [2.24, 2.45) is 0 Å². The van der Waals surface area contributed by atoms with E-state index in [9.17, 15) is 18.0 Å². The number of nitrogens with one attached hydrogen (secondary N) is 1. The first-order valence-electron chi connectivity index (χ1n) is 7.36. The van der Waals surface area contributed by atoms with E-state index in [4.69, 9.17) is 5.26 Å². The second-order valence-electron chi connectivity index (χ2n) is 5.15. The van der Waals surface area contributed by atoms with Crippen LogP contribution >= 0.6 is 0 Å². The van der Waals surface area contributed by atoms with Gasteiger partial charge in [0.25, 0.3) is 5.56 Å². The summed E-state index contributed by atoms with van der Waals surface area (Å²) in [7, 11) is -3.38. The molecular formula is C15H16N4O4S. The van der Waals surface area contributed by atoms with Crippen LogP contribution in [0.3, 0.4) is 0 Å². The SMILES string of the molecule is CCCCCS(=O)(=O)c1ccc(-n2nc(C#N)c(=O)[nH]c2=O)cc1. The lowest BCUT2D eigenvalue weighted by molar-refractivity contribution is 0.591. The van der Waals surface area contributed by atoms with Gasteiger partial charge in [-0.2, -0.15) is 9.94 Å². The highest BCUT2D eigenvalue weighted by Crippen LogP contribution is 2.15. The van der Waals surface area contributed by atoms with Crippen LogP contribution in [0.25, 0.3) is 5.69 Å². The molecule has 0 bridgehead atoms. The number of nitrogens with zero attached hydrogens (tertiary/aromatic N) is 3. The topological polar surface area (TPSA) is 126 Å². The van der Waals surface area contributed by atoms with Gasteiger partial charge in [-0.15, -0.1) is 5.10 Å². The quantitative estimate of drug-likeness (QED) is 0.768. The summed E-state index contributed by atoms with van der Waals surface area (Å²) >= 11 is 0. The van der Waals surface area contributed by atoms with Crippen LogP contribution in [0, 0.1) is 11.3 Å². The van der Waals surface area contributed by atoms with Gasteiger partial charge in [-0.1, -0.05) is 19.8 Å². The second kappa shape index (κ2) is 7.23. The molecule has 0 saturated heterocycles. The first-order chi connectivity index (χ1) is 11.4. The summed E-state index contributed by atoms with van der Waals surface area (Å²) in [6, 6.07) is 7.15. The van der Waals surface area contributed by atoms with Crippen LogP contribution in [0.4, 0.5) is 0 Å². The smallest absolute Gasteiger partial charge is 0.270 e. The Labute approximate surface area is 138 Å². The molecule has 0 atom stereocenters. The lowest BCUT2D eigenvalue weighted by Crippen LogP contribution is -2.33. The largest absolute Gasteiger partial charge is 0.349 e. The van der Waals surface area contributed by atoms with Crippen LogP contribution in [0.15, 0.2) is 38.8 Å². The highest BCUT2D eigenvalue weighted by molar-refractivity contribution is 7.91. The molecule has 0 amide bonds. The van der Waals surface area contributed by atoms with Gasteiger partial charge in [0.2, 0.25) is 5.69 Å². The number of aromatic nitrogens is 3. The number of hydrogen-bond donors (Lipinski definition) is 1. The fourth-order valence-corrected chi connectivity index (χ4v) is 3.47. The van der Waals surface area contributed by atoms with E-state index in [2.05, 4.69) is 5.10 Å². The standard InChI is InChI=1S/C15H16N4O4S/c1-2-3-4-9-24(22,23)12-7-5-11(6-8-12)19-15(21)17-14(20)13(10-16)18-19/h5-8H,2-4,9H2,1H3,(H,17,20,21). The minimum atomic E-state index is -3.38. The Morgan fingerprint density at radius 1 is 1.21 bits per heavy atom. The molecule has 1 heterocycles. The molecule has 1 aromatic heterocycles. The molecule has 126 valence electrons. The summed E-state index contributed by atoms with van der Waals surface area (Å²) in [6.07, 6.45) is 2.36. The van der Waals surface area contributed by atoms with E-state index in [1.54, 1.807) is 6.07 Å². The molecule has 1 aromatic carbocycles. The predicted molar refractivity (Wildman–Crippen MR) is 86.7 cm³/mol. The molecule has 2 rings (SSSR count). The van der Waals surface area contributed by atoms with E-state index in [0.29, 0.717) is 6.42 Å². The van der Waals surface area contributed by atoms with Gasteiger partial charge >= 0.3 is 5.69 Å². The molecule has 24 heavy (non-hydrogen) atoms. The third kappa shape index (κ3) is 3.78. The van der Waals surface area contributed by atoms with E-state index in [1.165, 1.54) is 24.3 Å². The lowest BCUT2D eigenvalue weighted by Gasteiger charge is -2.07. The molecule has 0 aliphatic rings. The third-order valence-corrected chi connectivity index (χ3v) is 5.21. The van der Waals surface area contributed by atoms with E-state index in [-0.39, 0.29) is 16.3 Å². The zero-order chi connectivity index (χ0) is 17.7. The van der Waals surface area contributed by atoms with Crippen molar-refractivity contribution in [3.63, 3.8) is 0 Å². The van der Waals surface area contributed by atoms with Crippen molar-refractivity contribution < 1.29 is 8.42 Å². The summed E-state index contributed by atoms with van der Waals surface area (Å²) in [4.78, 5) is 25.3. The zero-order valence-corrected chi connectivity index (χ0v) is 13.8. The van der Waals surface area contributed by atoms with Gasteiger partial charge < -0.3 is 0 Å². The van der Waals surface area contributed by atoms with Gasteiger partial charge in [-0.05, 0) is 30.7 Å². The van der Waals surface area contributed by atoms with E-state index < -0.39 is 26.8 Å². The molecule has 2 aromatic rings. The molecule has 0 spiro atoms. The van der Waals surface area contributed by atoms with E-state index in [1.807, 2.05) is 11.9 Å². The number of hydrogen-bond acceptors (Lipinski definition) is 6. The maximum Gasteiger partial charge on any atom is 0.349 e. The Kier molecular flexibility index (Phi) is 5.31. The minimum absolute atomic E-state index is 0.0651. The summed E-state index contributed by atoms with van der Waals surface area (Å²) in [5.74, 6) is 0.0651. The van der Waals surface area contributed by atoms with Gasteiger partial charge in [0.15, 0.2) is 9.84 Å². The van der Waals surface area contributed by atoms with Crippen molar-refractivity contribution in [2.45, 2.75) is 31.1 Å². The molecule has 0 radical (unpaired) electrons. The van der Waals surface area contributed by atoms with Crippen molar-refractivity contribution in [1.82, 2.24) is 14.8 Å². The van der Waals surface area contributed by atoms with Gasteiger partial charge in [0.05, 0.1) is 16.3 Å². The molecule has 1 N–H and O–H groups in total. The number of benzene rings is 1. The van der Waals surface area contributed by atoms with Crippen molar-refractivity contribution in [3.05, 3.63) is 50.8 Å². The summed E-state index contributed by atoms with van der Waals surface area (Å²) < 4.78 is 25.2. The predicted octanol–water partition coefficient (Wildman–Crippen LogP) is 0.756. The number of sulfone groups is 1. The van der Waals surface area contributed by atoms with Crippen LogP contribution in [0.1, 0.15) is 31.9 Å². The average molecular weight is 348 g/mol. The number of H-pyrrole nitrogens is 1. The molecule has 9 heteroatoms. The molecule has 0 aliphatic heterocycles. The van der Waals surface area contributed by atoms with Crippen molar-refractivity contribution in [2.75, 3.05) is 5.75 Å². The fourth-order valence-electron chi connectivity index (χ4n) is 2.10. The van der Waals surface area contributed by atoms with Gasteiger partial charge in [0.1, 0.15) is 6.07 Å². The Hall–Kier alpha value is -2.73. The highest BCUT2D eigenvalue weighted by atomic mass is 32.2. The minimum Gasteiger partial charge on any atom is -0.270 e. The van der Waals surface area contributed by atoms with Crippen LogP contribution in [-0.2, 0) is 9.84 Å². The molecule has 0 saturated carbocycles. The Morgan fingerprint density at radius 3 is 2.46 bits per heavy atom. The molecule has 0 aliphatic carbocycles. The highest BCUT2D eigenvalue weighted by Gasteiger charge is 2.14. The summed E-state index contributed by atoms with van der Waals surface area (Å²) in [5, 5.41) is 12.5. The monoisotopic (exact) mass is 348 g/mol. The van der Waals surface area contributed by atoms with Crippen molar-refractivity contribution in [3.8, 4) is 11.8 Å². The maximum atomic E-state index is 12.2. The van der Waals surface area contributed by atoms with Crippen LogP contribution in [-0.4, -0.2) is 28.9 Å². The summed E-state index contributed by atoms with van der Waals surface area (Å²) in [6.45, 7) is 1.99.